The van der Waals surface area contributed by atoms with Crippen molar-refractivity contribution in [2.45, 2.75) is 6.92 Å². The van der Waals surface area contributed by atoms with Crippen LogP contribution in [0, 0.1) is 0 Å². The molecular weight excluding hydrogens is 394 g/mol. The number of thiophene rings is 1. The number of esters is 1. The predicted molar refractivity (Wildman–Crippen MR) is 117 cm³/mol. The van der Waals surface area contributed by atoms with Crippen LogP contribution in [-0.4, -0.2) is 19.7 Å². The number of nitrogen functional groups attached to an aromatic ring is 1. The molecule has 0 saturated carbocycles. The normalized spacial score (nSPS) is 11.0. The second-order valence-corrected chi connectivity index (χ2v) is 7.29. The monoisotopic (exact) mass is 413 g/mol. The second-order valence-electron chi connectivity index (χ2n) is 5.94. The lowest BCUT2D eigenvalue weighted by atomic mass is 9.96. The Morgan fingerprint density at radius 1 is 1.18 bits per heavy atom. The van der Waals surface area contributed by atoms with Crippen molar-refractivity contribution < 1.29 is 14.3 Å². The van der Waals surface area contributed by atoms with Gasteiger partial charge in [-0.3, -0.25) is 0 Å². The van der Waals surface area contributed by atoms with Gasteiger partial charge >= 0.3 is 5.97 Å². The Morgan fingerprint density at radius 2 is 1.93 bits per heavy atom. The van der Waals surface area contributed by atoms with Crippen molar-refractivity contribution >= 4 is 40.7 Å². The molecule has 2 N–H and O–H groups in total. The highest BCUT2D eigenvalue weighted by atomic mass is 35.5. The van der Waals surface area contributed by atoms with Crippen LogP contribution in [0.5, 0.6) is 5.75 Å². The standard InChI is InChI=1S/C22H20ClNO3S/c1-3-27-21(25)11-10-20-22(14-4-7-16(24)8-5-14)18(13-28-20)17-9-6-15(23)12-19(17)26-2/h4-13H,3,24H2,1-2H3. The van der Waals surface area contributed by atoms with Crippen molar-refractivity contribution in [3.05, 3.63) is 63.8 Å². The van der Waals surface area contributed by atoms with Crippen molar-refractivity contribution in [3.8, 4) is 28.0 Å². The number of hydrogen-bond acceptors (Lipinski definition) is 5. The number of benzene rings is 2. The third-order valence-electron chi connectivity index (χ3n) is 4.13. The van der Waals surface area contributed by atoms with Crippen LogP contribution in [0.4, 0.5) is 5.69 Å². The molecule has 4 nitrogen and oxygen atoms in total. The maximum atomic E-state index is 11.8. The van der Waals surface area contributed by atoms with E-state index in [1.54, 1.807) is 26.2 Å². The van der Waals surface area contributed by atoms with Crippen molar-refractivity contribution in [3.63, 3.8) is 0 Å². The highest BCUT2D eigenvalue weighted by molar-refractivity contribution is 7.12. The molecule has 0 aliphatic heterocycles. The third kappa shape index (κ3) is 4.38. The first-order valence-corrected chi connectivity index (χ1v) is 9.95. The fraction of sp³-hybridized carbons (Fsp3) is 0.136. The summed E-state index contributed by atoms with van der Waals surface area (Å²) in [6, 6.07) is 13.2. The lowest BCUT2D eigenvalue weighted by Gasteiger charge is -2.11. The van der Waals surface area contributed by atoms with E-state index in [1.807, 2.05) is 41.8 Å². The molecule has 1 heterocycles. The zero-order valence-electron chi connectivity index (χ0n) is 15.6. The largest absolute Gasteiger partial charge is 0.496 e. The Bertz CT molecular complexity index is 1010. The Labute approximate surface area is 173 Å². The number of ether oxygens (including phenoxy) is 2. The van der Waals surface area contributed by atoms with Crippen LogP contribution < -0.4 is 10.5 Å². The van der Waals surface area contributed by atoms with Crippen molar-refractivity contribution in [1.29, 1.82) is 0 Å². The first kappa shape index (κ1) is 20.0. The summed E-state index contributed by atoms with van der Waals surface area (Å²) in [5, 5.41) is 2.65. The number of nitrogens with two attached hydrogens (primary N) is 1. The Balaban J connectivity index is 2.16. The van der Waals surface area contributed by atoms with Gasteiger partial charge in [-0.15, -0.1) is 11.3 Å². The van der Waals surface area contributed by atoms with Crippen molar-refractivity contribution in [2.75, 3.05) is 19.5 Å². The maximum absolute atomic E-state index is 11.8. The van der Waals surface area contributed by atoms with Gasteiger partial charge in [0.2, 0.25) is 0 Å². The van der Waals surface area contributed by atoms with Gasteiger partial charge < -0.3 is 15.2 Å². The average molecular weight is 414 g/mol. The van der Waals surface area contributed by atoms with E-state index in [-0.39, 0.29) is 5.97 Å². The van der Waals surface area contributed by atoms with Gasteiger partial charge in [0, 0.05) is 38.4 Å². The lowest BCUT2D eigenvalue weighted by molar-refractivity contribution is -0.137. The summed E-state index contributed by atoms with van der Waals surface area (Å²) < 4.78 is 10.5. The zero-order chi connectivity index (χ0) is 20.1. The van der Waals surface area contributed by atoms with Crippen LogP contribution in [-0.2, 0) is 9.53 Å². The fourth-order valence-corrected chi connectivity index (χ4v) is 4.01. The number of anilines is 1. The van der Waals surface area contributed by atoms with E-state index in [9.17, 15) is 4.79 Å². The SMILES string of the molecule is CCOC(=O)C=Cc1scc(-c2ccc(Cl)cc2OC)c1-c1ccc(N)cc1. The van der Waals surface area contributed by atoms with E-state index in [2.05, 4.69) is 0 Å². The number of halogens is 1. The average Bonchev–Trinajstić information content (AvgIpc) is 3.10. The van der Waals surface area contributed by atoms with Crippen LogP contribution in [0.1, 0.15) is 11.8 Å². The quantitative estimate of drug-likeness (QED) is 0.310. The summed E-state index contributed by atoms with van der Waals surface area (Å²) >= 11 is 7.66. The molecule has 0 unspecified atom stereocenters. The number of carbonyl (C=O) groups is 1. The zero-order valence-corrected chi connectivity index (χ0v) is 17.1. The van der Waals surface area contributed by atoms with Gasteiger partial charge in [0.15, 0.2) is 0 Å². The molecule has 144 valence electrons. The fourth-order valence-electron chi connectivity index (χ4n) is 2.86. The molecule has 28 heavy (non-hydrogen) atoms. The van der Waals surface area contributed by atoms with E-state index in [4.69, 9.17) is 26.8 Å². The number of methoxy groups -OCH3 is 1. The van der Waals surface area contributed by atoms with Gasteiger partial charge in [-0.05, 0) is 54.3 Å². The van der Waals surface area contributed by atoms with Crippen molar-refractivity contribution in [1.82, 2.24) is 0 Å². The molecule has 0 aliphatic carbocycles. The van der Waals surface area contributed by atoms with Crippen LogP contribution in [0.2, 0.25) is 5.02 Å². The Morgan fingerprint density at radius 3 is 2.61 bits per heavy atom. The van der Waals surface area contributed by atoms with E-state index >= 15 is 0 Å². The minimum Gasteiger partial charge on any atom is -0.496 e. The molecule has 0 saturated heterocycles. The van der Waals surface area contributed by atoms with Gasteiger partial charge in [-0.25, -0.2) is 4.79 Å². The molecular formula is C22H20ClNO3S. The van der Waals surface area contributed by atoms with Crippen LogP contribution in [0.3, 0.4) is 0 Å². The Kier molecular flexibility index (Phi) is 6.39. The molecule has 3 rings (SSSR count). The second kappa shape index (κ2) is 8.95. The minimum absolute atomic E-state index is 0.339. The summed E-state index contributed by atoms with van der Waals surface area (Å²) in [5.41, 5.74) is 10.4. The molecule has 0 bridgehead atoms. The highest BCUT2D eigenvalue weighted by Gasteiger charge is 2.17. The van der Waals surface area contributed by atoms with Gasteiger partial charge in [-0.2, -0.15) is 0 Å². The van der Waals surface area contributed by atoms with E-state index in [0.29, 0.717) is 23.1 Å². The molecule has 0 fully saturated rings. The van der Waals surface area contributed by atoms with Gasteiger partial charge in [0.25, 0.3) is 0 Å². The number of hydrogen-bond donors (Lipinski definition) is 1. The molecule has 0 spiro atoms. The minimum atomic E-state index is -0.371. The van der Waals surface area contributed by atoms with Gasteiger partial charge in [0.1, 0.15) is 5.75 Å². The van der Waals surface area contributed by atoms with Crippen LogP contribution in [0.25, 0.3) is 28.3 Å². The molecule has 1 aromatic heterocycles. The summed E-state index contributed by atoms with van der Waals surface area (Å²) in [6.45, 7) is 2.12. The summed E-state index contributed by atoms with van der Waals surface area (Å²) in [4.78, 5) is 12.7. The Hall–Kier alpha value is -2.76. The highest BCUT2D eigenvalue weighted by Crippen LogP contribution is 2.44. The molecule has 6 heteroatoms. The first-order valence-electron chi connectivity index (χ1n) is 8.69. The van der Waals surface area contributed by atoms with E-state index < -0.39 is 0 Å². The van der Waals surface area contributed by atoms with Crippen molar-refractivity contribution in [2.24, 2.45) is 0 Å². The molecule has 2 aromatic carbocycles. The smallest absolute Gasteiger partial charge is 0.330 e. The molecule has 3 aromatic rings. The van der Waals surface area contributed by atoms with Crippen LogP contribution in [0.15, 0.2) is 53.9 Å². The van der Waals surface area contributed by atoms with E-state index in [1.165, 1.54) is 17.4 Å². The summed E-state index contributed by atoms with van der Waals surface area (Å²) in [5.74, 6) is 0.313. The maximum Gasteiger partial charge on any atom is 0.330 e. The van der Waals surface area contributed by atoms with Gasteiger partial charge in [0.05, 0.1) is 13.7 Å². The molecule has 0 atom stereocenters. The number of carbonyl (C=O) groups excluding carboxylic acids is 1. The summed E-state index contributed by atoms with van der Waals surface area (Å²) in [6.07, 6.45) is 3.22. The van der Waals surface area contributed by atoms with Gasteiger partial charge in [-0.1, -0.05) is 23.7 Å². The first-order chi connectivity index (χ1) is 13.5. The van der Waals surface area contributed by atoms with Crippen LogP contribution >= 0.6 is 22.9 Å². The lowest BCUT2D eigenvalue weighted by Crippen LogP contribution is -1.98. The number of rotatable bonds is 6. The predicted octanol–water partition coefficient (Wildman–Crippen LogP) is 5.90. The third-order valence-corrected chi connectivity index (χ3v) is 5.31. The van der Waals surface area contributed by atoms with E-state index in [0.717, 1.165) is 27.1 Å². The molecule has 0 aliphatic rings. The summed E-state index contributed by atoms with van der Waals surface area (Å²) in [7, 11) is 1.62. The topological polar surface area (TPSA) is 61.5 Å². The molecule has 0 amide bonds. The molecule has 0 radical (unpaired) electrons.